The van der Waals surface area contributed by atoms with Crippen molar-refractivity contribution < 1.29 is 5.11 Å². The van der Waals surface area contributed by atoms with Crippen molar-refractivity contribution in [2.24, 2.45) is 5.73 Å². The molecule has 0 heterocycles. The van der Waals surface area contributed by atoms with Crippen LogP contribution >= 0.6 is 0 Å². The fraction of sp³-hybridized carbons (Fsp3) is 1.00. The van der Waals surface area contributed by atoms with Crippen LogP contribution in [0.2, 0.25) is 0 Å². The Morgan fingerprint density at radius 3 is 2.08 bits per heavy atom. The molecule has 4 nitrogen and oxygen atoms in total. The smallest absolute Gasteiger partial charge is 0.0443 e. The predicted octanol–water partition coefficient (Wildman–Crippen LogP) is -1.10. The molecule has 0 saturated heterocycles. The zero-order chi connectivity index (χ0) is 9.07. The number of nitrogens with one attached hydrogen (secondary N) is 2. The van der Waals surface area contributed by atoms with E-state index in [2.05, 4.69) is 10.6 Å². The molecule has 0 atom stereocenters. The van der Waals surface area contributed by atoms with Crippen LogP contribution in [0, 0.1) is 0 Å². The lowest BCUT2D eigenvalue weighted by atomic mass is 10.4. The minimum atomic E-state index is 0.276. The number of aliphatic hydroxyl groups excluding tert-OH is 1. The molecule has 5 N–H and O–H groups in total. The molecule has 0 aromatic heterocycles. The maximum atomic E-state index is 8.47. The first-order valence-electron chi connectivity index (χ1n) is 4.64. The largest absolute Gasteiger partial charge is 0.396 e. The fourth-order valence-corrected chi connectivity index (χ4v) is 0.895. The Balaban J connectivity index is 2.73. The Morgan fingerprint density at radius 1 is 0.917 bits per heavy atom. The fourth-order valence-electron chi connectivity index (χ4n) is 0.895. The Morgan fingerprint density at radius 2 is 1.50 bits per heavy atom. The van der Waals surface area contributed by atoms with E-state index in [1.807, 2.05) is 0 Å². The van der Waals surface area contributed by atoms with Gasteiger partial charge in [-0.1, -0.05) is 0 Å². The molecule has 0 amide bonds. The molecule has 0 aliphatic carbocycles. The summed E-state index contributed by atoms with van der Waals surface area (Å²) in [5, 5.41) is 14.9. The van der Waals surface area contributed by atoms with Crippen LogP contribution < -0.4 is 16.4 Å². The second kappa shape index (κ2) is 10.8. The highest BCUT2D eigenvalue weighted by Gasteiger charge is 1.87. The van der Waals surface area contributed by atoms with Gasteiger partial charge in [0.1, 0.15) is 0 Å². The van der Waals surface area contributed by atoms with Crippen LogP contribution in [0.1, 0.15) is 12.8 Å². The molecule has 0 radical (unpaired) electrons. The van der Waals surface area contributed by atoms with Crippen molar-refractivity contribution in [3.63, 3.8) is 0 Å². The van der Waals surface area contributed by atoms with Crippen molar-refractivity contribution in [1.29, 1.82) is 0 Å². The summed E-state index contributed by atoms with van der Waals surface area (Å²) in [6.07, 6.45) is 1.96. The Kier molecular flexibility index (Phi) is 10.7. The van der Waals surface area contributed by atoms with E-state index in [0.29, 0.717) is 6.54 Å². The van der Waals surface area contributed by atoms with Gasteiger partial charge < -0.3 is 21.5 Å². The lowest BCUT2D eigenvalue weighted by molar-refractivity contribution is 0.286. The van der Waals surface area contributed by atoms with Crippen LogP contribution in [0.25, 0.3) is 0 Å². The Hall–Kier alpha value is -0.160. The minimum Gasteiger partial charge on any atom is -0.396 e. The van der Waals surface area contributed by atoms with E-state index in [4.69, 9.17) is 10.8 Å². The molecular formula is C8H21N3O. The second-order valence-corrected chi connectivity index (χ2v) is 2.72. The third kappa shape index (κ3) is 9.84. The molecule has 0 aromatic carbocycles. The average Bonchev–Trinajstić information content (AvgIpc) is 2.10. The molecular weight excluding hydrogens is 154 g/mol. The van der Waals surface area contributed by atoms with Crippen molar-refractivity contribution in [3.05, 3.63) is 0 Å². The molecule has 0 unspecified atom stereocenters. The van der Waals surface area contributed by atoms with Crippen LogP contribution in [-0.2, 0) is 0 Å². The molecule has 0 fully saturated rings. The summed E-state index contributed by atoms with van der Waals surface area (Å²) >= 11 is 0. The quantitative estimate of drug-likeness (QED) is 0.336. The van der Waals surface area contributed by atoms with E-state index >= 15 is 0 Å². The summed E-state index contributed by atoms with van der Waals surface area (Å²) in [5.41, 5.74) is 5.30. The molecule has 12 heavy (non-hydrogen) atoms. The van der Waals surface area contributed by atoms with E-state index in [9.17, 15) is 0 Å². The SMILES string of the molecule is NCCNCCCNCCCO. The molecule has 0 spiro atoms. The Bertz CT molecular complexity index is 70.7. The van der Waals surface area contributed by atoms with E-state index < -0.39 is 0 Å². The molecule has 0 saturated carbocycles. The van der Waals surface area contributed by atoms with Crippen molar-refractivity contribution in [2.75, 3.05) is 39.3 Å². The normalized spacial score (nSPS) is 10.5. The second-order valence-electron chi connectivity index (χ2n) is 2.72. The van der Waals surface area contributed by atoms with Gasteiger partial charge in [-0.3, -0.25) is 0 Å². The number of rotatable bonds is 9. The van der Waals surface area contributed by atoms with Crippen LogP contribution in [0.5, 0.6) is 0 Å². The summed E-state index contributed by atoms with van der Waals surface area (Å²) in [5.74, 6) is 0. The van der Waals surface area contributed by atoms with Crippen LogP contribution in [0.4, 0.5) is 0 Å². The predicted molar refractivity (Wildman–Crippen MR) is 51.1 cm³/mol. The maximum Gasteiger partial charge on any atom is 0.0443 e. The average molecular weight is 175 g/mol. The number of hydrogen-bond donors (Lipinski definition) is 4. The van der Waals surface area contributed by atoms with Gasteiger partial charge in [0, 0.05) is 19.7 Å². The first kappa shape index (κ1) is 11.8. The van der Waals surface area contributed by atoms with Gasteiger partial charge in [0.15, 0.2) is 0 Å². The third-order valence-corrected chi connectivity index (χ3v) is 1.54. The monoisotopic (exact) mass is 175 g/mol. The van der Waals surface area contributed by atoms with Crippen LogP contribution in [-0.4, -0.2) is 44.4 Å². The van der Waals surface area contributed by atoms with E-state index in [0.717, 1.165) is 39.0 Å². The van der Waals surface area contributed by atoms with Gasteiger partial charge in [-0.25, -0.2) is 0 Å². The Labute approximate surface area is 74.5 Å². The minimum absolute atomic E-state index is 0.276. The van der Waals surface area contributed by atoms with Crippen LogP contribution in [0.15, 0.2) is 0 Å². The lowest BCUT2D eigenvalue weighted by Gasteiger charge is -2.04. The number of nitrogens with two attached hydrogens (primary N) is 1. The standard InChI is InChI=1S/C8H21N3O/c9-3-7-11-5-1-4-10-6-2-8-12/h10-12H,1-9H2. The highest BCUT2D eigenvalue weighted by molar-refractivity contribution is 4.51. The summed E-state index contributed by atoms with van der Waals surface area (Å²) in [7, 11) is 0. The lowest BCUT2D eigenvalue weighted by Crippen LogP contribution is -2.26. The summed E-state index contributed by atoms with van der Waals surface area (Å²) in [6, 6.07) is 0. The molecule has 0 aliphatic heterocycles. The van der Waals surface area contributed by atoms with Gasteiger partial charge in [0.05, 0.1) is 0 Å². The molecule has 4 heteroatoms. The molecule has 0 bridgehead atoms. The highest BCUT2D eigenvalue weighted by atomic mass is 16.3. The van der Waals surface area contributed by atoms with Gasteiger partial charge in [-0.05, 0) is 32.5 Å². The van der Waals surface area contributed by atoms with Gasteiger partial charge >= 0.3 is 0 Å². The first-order valence-corrected chi connectivity index (χ1v) is 4.64. The molecule has 0 rings (SSSR count). The third-order valence-electron chi connectivity index (χ3n) is 1.54. The summed E-state index contributed by atoms with van der Waals surface area (Å²) < 4.78 is 0. The van der Waals surface area contributed by atoms with Gasteiger partial charge in [-0.2, -0.15) is 0 Å². The van der Waals surface area contributed by atoms with Crippen molar-refractivity contribution in [2.45, 2.75) is 12.8 Å². The maximum absolute atomic E-state index is 8.47. The number of aliphatic hydroxyl groups is 1. The number of hydrogen-bond acceptors (Lipinski definition) is 4. The summed E-state index contributed by atoms with van der Waals surface area (Å²) in [6.45, 7) is 4.82. The topological polar surface area (TPSA) is 70.3 Å². The van der Waals surface area contributed by atoms with Crippen molar-refractivity contribution in [3.8, 4) is 0 Å². The van der Waals surface area contributed by atoms with Crippen molar-refractivity contribution in [1.82, 2.24) is 10.6 Å². The summed E-state index contributed by atoms with van der Waals surface area (Å²) in [4.78, 5) is 0. The molecule has 74 valence electrons. The zero-order valence-corrected chi connectivity index (χ0v) is 7.68. The van der Waals surface area contributed by atoms with Gasteiger partial charge in [0.25, 0.3) is 0 Å². The van der Waals surface area contributed by atoms with Crippen molar-refractivity contribution >= 4 is 0 Å². The highest BCUT2D eigenvalue weighted by Crippen LogP contribution is 1.75. The van der Waals surface area contributed by atoms with E-state index in [1.165, 1.54) is 0 Å². The first-order chi connectivity index (χ1) is 5.91. The van der Waals surface area contributed by atoms with E-state index in [1.54, 1.807) is 0 Å². The van der Waals surface area contributed by atoms with E-state index in [-0.39, 0.29) is 6.61 Å². The molecule has 0 aliphatic rings. The van der Waals surface area contributed by atoms with Gasteiger partial charge in [-0.15, -0.1) is 0 Å². The molecule has 0 aromatic rings. The van der Waals surface area contributed by atoms with Crippen LogP contribution in [0.3, 0.4) is 0 Å². The zero-order valence-electron chi connectivity index (χ0n) is 7.68. The van der Waals surface area contributed by atoms with Gasteiger partial charge in [0.2, 0.25) is 0 Å².